The number of thioether (sulfide) groups is 1. The number of carbonyl (C=O) groups excluding carboxylic acids is 2. The second-order valence-corrected chi connectivity index (χ2v) is 7.18. The first-order valence-electron chi connectivity index (χ1n) is 8.41. The lowest BCUT2D eigenvalue weighted by atomic mass is 9.94. The highest BCUT2D eigenvalue weighted by molar-refractivity contribution is 8.00. The zero-order valence-electron chi connectivity index (χ0n) is 14.1. The number of nitrogens with one attached hydrogen (secondary N) is 1. The van der Waals surface area contributed by atoms with Crippen LogP contribution in [0.25, 0.3) is 0 Å². The first-order valence-corrected chi connectivity index (χ1v) is 9.56. The molecule has 132 valence electrons. The molecule has 2 rings (SSSR count). The quantitative estimate of drug-likeness (QED) is 0.821. The molecule has 2 amide bonds. The van der Waals surface area contributed by atoms with Crippen LogP contribution in [0.2, 0.25) is 0 Å². The lowest BCUT2D eigenvalue weighted by Crippen LogP contribution is -2.39. The SMILES string of the molecule is CN(C(=O)CSCC(=O)NCc1ccc(F)cc1)C1CCCCC1. The van der Waals surface area contributed by atoms with E-state index in [0.29, 0.717) is 18.3 Å². The minimum atomic E-state index is -0.291. The smallest absolute Gasteiger partial charge is 0.232 e. The van der Waals surface area contributed by atoms with Crippen LogP contribution in [0.3, 0.4) is 0 Å². The molecule has 0 aromatic heterocycles. The van der Waals surface area contributed by atoms with Crippen LogP contribution in [0.4, 0.5) is 4.39 Å². The summed E-state index contributed by atoms with van der Waals surface area (Å²) < 4.78 is 12.8. The zero-order chi connectivity index (χ0) is 17.4. The van der Waals surface area contributed by atoms with E-state index in [0.717, 1.165) is 18.4 Å². The summed E-state index contributed by atoms with van der Waals surface area (Å²) >= 11 is 1.34. The fourth-order valence-electron chi connectivity index (χ4n) is 2.86. The van der Waals surface area contributed by atoms with Crippen molar-refractivity contribution in [2.45, 2.75) is 44.7 Å². The highest BCUT2D eigenvalue weighted by atomic mass is 32.2. The van der Waals surface area contributed by atoms with Crippen LogP contribution in [0.15, 0.2) is 24.3 Å². The Balaban J connectivity index is 1.62. The van der Waals surface area contributed by atoms with Crippen molar-refractivity contribution < 1.29 is 14.0 Å². The second kappa shape index (κ2) is 9.67. The summed E-state index contributed by atoms with van der Waals surface area (Å²) in [5.74, 6) is 0.277. The first-order chi connectivity index (χ1) is 11.6. The molecule has 1 aliphatic rings. The number of rotatable bonds is 7. The molecule has 24 heavy (non-hydrogen) atoms. The van der Waals surface area contributed by atoms with Crippen molar-refractivity contribution in [1.29, 1.82) is 0 Å². The molecule has 1 aliphatic carbocycles. The van der Waals surface area contributed by atoms with Gasteiger partial charge in [0.25, 0.3) is 0 Å². The highest BCUT2D eigenvalue weighted by Gasteiger charge is 2.21. The highest BCUT2D eigenvalue weighted by Crippen LogP contribution is 2.22. The summed E-state index contributed by atoms with van der Waals surface area (Å²) in [5.41, 5.74) is 0.850. The third-order valence-corrected chi connectivity index (χ3v) is 5.29. The predicted molar refractivity (Wildman–Crippen MR) is 95.2 cm³/mol. The minimum absolute atomic E-state index is 0.0956. The number of hydrogen-bond acceptors (Lipinski definition) is 3. The molecule has 0 bridgehead atoms. The van der Waals surface area contributed by atoms with Crippen molar-refractivity contribution in [3.63, 3.8) is 0 Å². The Morgan fingerprint density at radius 3 is 2.50 bits per heavy atom. The Kier molecular flexibility index (Phi) is 7.56. The van der Waals surface area contributed by atoms with E-state index < -0.39 is 0 Å². The second-order valence-electron chi connectivity index (χ2n) is 6.19. The normalized spacial score (nSPS) is 15.1. The van der Waals surface area contributed by atoms with Crippen LogP contribution in [-0.4, -0.2) is 41.3 Å². The van der Waals surface area contributed by atoms with Crippen LogP contribution >= 0.6 is 11.8 Å². The molecule has 0 atom stereocenters. The summed E-state index contributed by atoms with van der Waals surface area (Å²) in [6.45, 7) is 0.371. The van der Waals surface area contributed by atoms with E-state index in [2.05, 4.69) is 5.32 Å². The number of benzene rings is 1. The molecule has 0 radical (unpaired) electrons. The van der Waals surface area contributed by atoms with Gasteiger partial charge in [0.1, 0.15) is 5.82 Å². The molecular formula is C18H25FN2O2S. The average molecular weight is 352 g/mol. The molecule has 0 aliphatic heterocycles. The maximum Gasteiger partial charge on any atom is 0.232 e. The summed E-state index contributed by atoms with van der Waals surface area (Å²) in [4.78, 5) is 25.8. The number of nitrogens with zero attached hydrogens (tertiary/aromatic N) is 1. The van der Waals surface area contributed by atoms with Gasteiger partial charge in [-0.05, 0) is 30.5 Å². The van der Waals surface area contributed by atoms with E-state index in [1.807, 2.05) is 11.9 Å². The van der Waals surface area contributed by atoms with Gasteiger partial charge < -0.3 is 10.2 Å². The van der Waals surface area contributed by atoms with Gasteiger partial charge in [0, 0.05) is 19.6 Å². The lowest BCUT2D eigenvalue weighted by Gasteiger charge is -2.31. The molecule has 0 spiro atoms. The van der Waals surface area contributed by atoms with Gasteiger partial charge in [-0.15, -0.1) is 11.8 Å². The molecule has 0 unspecified atom stereocenters. The Morgan fingerprint density at radius 2 is 1.83 bits per heavy atom. The lowest BCUT2D eigenvalue weighted by molar-refractivity contribution is -0.129. The minimum Gasteiger partial charge on any atom is -0.351 e. The van der Waals surface area contributed by atoms with Gasteiger partial charge in [-0.2, -0.15) is 0 Å². The number of hydrogen-bond donors (Lipinski definition) is 1. The molecule has 1 aromatic rings. The van der Waals surface area contributed by atoms with Gasteiger partial charge in [-0.1, -0.05) is 31.4 Å². The largest absolute Gasteiger partial charge is 0.351 e. The molecule has 4 nitrogen and oxygen atoms in total. The van der Waals surface area contributed by atoms with E-state index >= 15 is 0 Å². The Labute approximate surface area is 147 Å². The average Bonchev–Trinajstić information content (AvgIpc) is 2.61. The van der Waals surface area contributed by atoms with Crippen molar-refractivity contribution in [3.8, 4) is 0 Å². The fourth-order valence-corrected chi connectivity index (χ4v) is 3.63. The molecule has 6 heteroatoms. The van der Waals surface area contributed by atoms with Crippen LogP contribution in [0.5, 0.6) is 0 Å². The van der Waals surface area contributed by atoms with Gasteiger partial charge in [-0.3, -0.25) is 9.59 Å². The van der Waals surface area contributed by atoms with Gasteiger partial charge in [0.2, 0.25) is 11.8 Å². The molecule has 1 aromatic carbocycles. The van der Waals surface area contributed by atoms with E-state index in [4.69, 9.17) is 0 Å². The summed E-state index contributed by atoms with van der Waals surface area (Å²) in [6, 6.07) is 6.39. The Bertz CT molecular complexity index is 544. The first kappa shape index (κ1) is 18.8. The molecule has 0 saturated heterocycles. The third kappa shape index (κ3) is 6.15. The molecule has 1 saturated carbocycles. The van der Waals surface area contributed by atoms with Crippen molar-refractivity contribution in [2.24, 2.45) is 0 Å². The fraction of sp³-hybridized carbons (Fsp3) is 0.556. The monoisotopic (exact) mass is 352 g/mol. The van der Waals surface area contributed by atoms with Crippen LogP contribution in [0, 0.1) is 5.82 Å². The molecular weight excluding hydrogens is 327 g/mol. The van der Waals surface area contributed by atoms with Gasteiger partial charge in [0.05, 0.1) is 11.5 Å². The zero-order valence-corrected chi connectivity index (χ0v) is 14.9. The van der Waals surface area contributed by atoms with Crippen molar-refractivity contribution in [2.75, 3.05) is 18.6 Å². The topological polar surface area (TPSA) is 49.4 Å². The van der Waals surface area contributed by atoms with Crippen molar-refractivity contribution >= 4 is 23.6 Å². The van der Waals surface area contributed by atoms with E-state index in [1.54, 1.807) is 12.1 Å². The maximum absolute atomic E-state index is 12.8. The van der Waals surface area contributed by atoms with E-state index in [9.17, 15) is 14.0 Å². The third-order valence-electron chi connectivity index (χ3n) is 4.38. The Morgan fingerprint density at radius 1 is 1.17 bits per heavy atom. The maximum atomic E-state index is 12.8. The summed E-state index contributed by atoms with van der Waals surface area (Å²) in [5, 5.41) is 2.78. The van der Waals surface area contributed by atoms with Crippen molar-refractivity contribution in [1.82, 2.24) is 10.2 Å². The molecule has 0 heterocycles. The standard InChI is InChI=1S/C18H25FN2O2S/c1-21(16-5-3-2-4-6-16)18(23)13-24-12-17(22)20-11-14-7-9-15(19)10-8-14/h7-10,16H,2-6,11-13H2,1H3,(H,20,22). The predicted octanol–water partition coefficient (Wildman–Crippen LogP) is 2.97. The number of amides is 2. The molecule has 1 fully saturated rings. The van der Waals surface area contributed by atoms with Crippen LogP contribution in [0.1, 0.15) is 37.7 Å². The number of carbonyl (C=O) groups is 2. The van der Waals surface area contributed by atoms with Crippen LogP contribution < -0.4 is 5.32 Å². The van der Waals surface area contributed by atoms with Gasteiger partial charge in [-0.25, -0.2) is 4.39 Å². The van der Waals surface area contributed by atoms with Gasteiger partial charge in [0.15, 0.2) is 0 Å². The van der Waals surface area contributed by atoms with E-state index in [1.165, 1.54) is 43.2 Å². The Hall–Kier alpha value is -1.56. The van der Waals surface area contributed by atoms with Gasteiger partial charge >= 0.3 is 0 Å². The summed E-state index contributed by atoms with van der Waals surface area (Å²) in [6.07, 6.45) is 5.83. The van der Waals surface area contributed by atoms with Crippen LogP contribution in [-0.2, 0) is 16.1 Å². The number of halogens is 1. The summed E-state index contributed by atoms with van der Waals surface area (Å²) in [7, 11) is 1.87. The van der Waals surface area contributed by atoms with Crippen molar-refractivity contribution in [3.05, 3.63) is 35.6 Å². The van der Waals surface area contributed by atoms with E-state index in [-0.39, 0.29) is 23.4 Å². The molecule has 1 N–H and O–H groups in total.